The number of rotatable bonds is 7. The van der Waals surface area contributed by atoms with Crippen LogP contribution in [0, 0.1) is 11.8 Å². The van der Waals surface area contributed by atoms with Gasteiger partial charge in [-0.15, -0.1) is 0 Å². The largest absolute Gasteiger partial charge is 0.378 e. The lowest BCUT2D eigenvalue weighted by atomic mass is 9.89. The van der Waals surface area contributed by atoms with Crippen LogP contribution in [0.1, 0.15) is 72.1 Å². The Morgan fingerprint density at radius 3 is 2.25 bits per heavy atom. The highest BCUT2D eigenvalue weighted by Crippen LogP contribution is 2.25. The van der Waals surface area contributed by atoms with Crippen LogP contribution in [0.4, 0.5) is 0 Å². The van der Waals surface area contributed by atoms with Gasteiger partial charge in [0.05, 0.1) is 6.10 Å². The lowest BCUT2D eigenvalue weighted by Gasteiger charge is -2.26. The topological polar surface area (TPSA) is 9.23 Å². The van der Waals surface area contributed by atoms with Gasteiger partial charge in [0.2, 0.25) is 0 Å². The van der Waals surface area contributed by atoms with Crippen LogP contribution in [0.2, 0.25) is 0 Å². The maximum atomic E-state index is 5.97. The van der Waals surface area contributed by atoms with Gasteiger partial charge < -0.3 is 4.74 Å². The first-order valence-corrected chi connectivity index (χ1v) is 7.37. The molecule has 0 aromatic carbocycles. The third-order valence-corrected chi connectivity index (χ3v) is 4.23. The average molecular weight is 226 g/mol. The standard InChI is InChI=1S/C15H30O/c1-4-14(5-2)7-6-12-16-15-10-8-13(3)9-11-15/h13-15H,4-12H2,1-3H3. The predicted molar refractivity (Wildman–Crippen MR) is 70.7 cm³/mol. The molecule has 0 unspecified atom stereocenters. The molecule has 0 saturated heterocycles. The fourth-order valence-corrected chi connectivity index (χ4v) is 2.72. The minimum absolute atomic E-state index is 0.581. The van der Waals surface area contributed by atoms with Gasteiger partial charge in [-0.05, 0) is 50.4 Å². The Morgan fingerprint density at radius 2 is 1.69 bits per heavy atom. The Bertz CT molecular complexity index is 155. The first-order chi connectivity index (χ1) is 7.76. The quantitative estimate of drug-likeness (QED) is 0.567. The fraction of sp³-hybridized carbons (Fsp3) is 1.00. The monoisotopic (exact) mass is 226 g/mol. The molecule has 0 aromatic rings. The van der Waals surface area contributed by atoms with Crippen LogP contribution in [0.25, 0.3) is 0 Å². The molecule has 0 spiro atoms. The van der Waals surface area contributed by atoms with Gasteiger partial charge in [-0.3, -0.25) is 0 Å². The summed E-state index contributed by atoms with van der Waals surface area (Å²) in [6.07, 6.45) is 11.2. The van der Waals surface area contributed by atoms with Crippen LogP contribution < -0.4 is 0 Å². The summed E-state index contributed by atoms with van der Waals surface area (Å²) in [4.78, 5) is 0. The molecule has 0 heterocycles. The van der Waals surface area contributed by atoms with Crippen LogP contribution in [0.5, 0.6) is 0 Å². The lowest BCUT2D eigenvalue weighted by molar-refractivity contribution is 0.0165. The van der Waals surface area contributed by atoms with E-state index in [-0.39, 0.29) is 0 Å². The third kappa shape index (κ3) is 5.34. The molecule has 0 atom stereocenters. The fourth-order valence-electron chi connectivity index (χ4n) is 2.72. The maximum Gasteiger partial charge on any atom is 0.0575 e. The van der Waals surface area contributed by atoms with E-state index in [9.17, 15) is 0 Å². The SMILES string of the molecule is CCC(CC)CCCOC1CCC(C)CC1. The minimum atomic E-state index is 0.581. The van der Waals surface area contributed by atoms with Crippen molar-refractivity contribution in [1.82, 2.24) is 0 Å². The Kier molecular flexibility index (Phi) is 7.11. The van der Waals surface area contributed by atoms with Crippen LogP contribution in [-0.4, -0.2) is 12.7 Å². The summed E-state index contributed by atoms with van der Waals surface area (Å²) in [5.41, 5.74) is 0. The van der Waals surface area contributed by atoms with E-state index >= 15 is 0 Å². The third-order valence-electron chi connectivity index (χ3n) is 4.23. The predicted octanol–water partition coefficient (Wildman–Crippen LogP) is 4.80. The second kappa shape index (κ2) is 8.11. The Morgan fingerprint density at radius 1 is 1.06 bits per heavy atom. The van der Waals surface area contributed by atoms with Crippen LogP contribution in [-0.2, 0) is 4.74 Å². The van der Waals surface area contributed by atoms with Gasteiger partial charge >= 0.3 is 0 Å². The summed E-state index contributed by atoms with van der Waals surface area (Å²) in [5, 5.41) is 0. The van der Waals surface area contributed by atoms with E-state index < -0.39 is 0 Å². The molecule has 0 aliphatic heterocycles. The molecule has 1 fully saturated rings. The molecule has 0 bridgehead atoms. The summed E-state index contributed by atoms with van der Waals surface area (Å²) in [6.45, 7) is 7.97. The van der Waals surface area contributed by atoms with Crippen LogP contribution in [0.15, 0.2) is 0 Å². The van der Waals surface area contributed by atoms with E-state index in [0.29, 0.717) is 6.10 Å². The first kappa shape index (κ1) is 14.0. The van der Waals surface area contributed by atoms with Crippen LogP contribution >= 0.6 is 0 Å². The van der Waals surface area contributed by atoms with Gasteiger partial charge in [0.25, 0.3) is 0 Å². The highest BCUT2D eigenvalue weighted by molar-refractivity contribution is 4.69. The highest BCUT2D eigenvalue weighted by atomic mass is 16.5. The van der Waals surface area contributed by atoms with E-state index in [1.807, 2.05) is 0 Å². The first-order valence-electron chi connectivity index (χ1n) is 7.37. The van der Waals surface area contributed by atoms with Crippen molar-refractivity contribution in [3.05, 3.63) is 0 Å². The van der Waals surface area contributed by atoms with E-state index in [2.05, 4.69) is 20.8 Å². The molecule has 0 radical (unpaired) electrons. The second-order valence-electron chi connectivity index (χ2n) is 5.58. The molecule has 1 heteroatoms. The molecule has 0 aromatic heterocycles. The van der Waals surface area contributed by atoms with Crippen molar-refractivity contribution < 1.29 is 4.74 Å². The zero-order chi connectivity index (χ0) is 11.8. The summed E-state index contributed by atoms with van der Waals surface area (Å²) >= 11 is 0. The summed E-state index contributed by atoms with van der Waals surface area (Å²) in [6, 6.07) is 0. The van der Waals surface area contributed by atoms with Crippen molar-refractivity contribution in [2.75, 3.05) is 6.61 Å². The zero-order valence-electron chi connectivity index (χ0n) is 11.5. The Hall–Kier alpha value is -0.0400. The number of ether oxygens (including phenoxy) is 1. The summed E-state index contributed by atoms with van der Waals surface area (Å²) < 4.78 is 5.97. The molecule has 0 N–H and O–H groups in total. The van der Waals surface area contributed by atoms with Crippen molar-refractivity contribution in [3.8, 4) is 0 Å². The molecule has 96 valence electrons. The Labute approximate surface area is 102 Å². The van der Waals surface area contributed by atoms with E-state index in [0.717, 1.165) is 18.4 Å². The molecule has 1 rings (SSSR count). The Balaban J connectivity index is 1.98. The highest BCUT2D eigenvalue weighted by Gasteiger charge is 2.18. The number of hydrogen-bond donors (Lipinski definition) is 0. The minimum Gasteiger partial charge on any atom is -0.378 e. The van der Waals surface area contributed by atoms with Crippen molar-refractivity contribution in [3.63, 3.8) is 0 Å². The second-order valence-corrected chi connectivity index (χ2v) is 5.58. The summed E-state index contributed by atoms with van der Waals surface area (Å²) in [7, 11) is 0. The van der Waals surface area contributed by atoms with Gasteiger partial charge in [-0.25, -0.2) is 0 Å². The van der Waals surface area contributed by atoms with E-state index in [1.54, 1.807) is 0 Å². The lowest BCUT2D eigenvalue weighted by Crippen LogP contribution is -2.21. The van der Waals surface area contributed by atoms with Gasteiger partial charge in [0, 0.05) is 6.61 Å². The number of hydrogen-bond acceptors (Lipinski definition) is 1. The van der Waals surface area contributed by atoms with Crippen molar-refractivity contribution in [2.24, 2.45) is 11.8 Å². The molecule has 0 amide bonds. The van der Waals surface area contributed by atoms with Gasteiger partial charge in [0.15, 0.2) is 0 Å². The van der Waals surface area contributed by atoms with Crippen molar-refractivity contribution >= 4 is 0 Å². The molecule has 16 heavy (non-hydrogen) atoms. The molecule has 1 saturated carbocycles. The van der Waals surface area contributed by atoms with E-state index in [4.69, 9.17) is 4.74 Å². The average Bonchev–Trinajstić information content (AvgIpc) is 2.32. The zero-order valence-corrected chi connectivity index (χ0v) is 11.5. The van der Waals surface area contributed by atoms with Crippen LogP contribution in [0.3, 0.4) is 0 Å². The molecular weight excluding hydrogens is 196 g/mol. The maximum absolute atomic E-state index is 5.97. The molecule has 1 aliphatic carbocycles. The van der Waals surface area contributed by atoms with Gasteiger partial charge in [-0.2, -0.15) is 0 Å². The van der Waals surface area contributed by atoms with E-state index in [1.165, 1.54) is 51.4 Å². The van der Waals surface area contributed by atoms with Gasteiger partial charge in [0.1, 0.15) is 0 Å². The van der Waals surface area contributed by atoms with Crippen molar-refractivity contribution in [2.45, 2.75) is 78.2 Å². The van der Waals surface area contributed by atoms with Crippen molar-refractivity contribution in [1.29, 1.82) is 0 Å². The molecule has 1 nitrogen and oxygen atoms in total. The summed E-state index contributed by atoms with van der Waals surface area (Å²) in [5.74, 6) is 1.86. The molecular formula is C15H30O. The molecule has 1 aliphatic rings. The normalized spacial score (nSPS) is 26.2. The van der Waals surface area contributed by atoms with Gasteiger partial charge in [-0.1, -0.05) is 33.6 Å². The smallest absolute Gasteiger partial charge is 0.0575 e.